The first-order valence-corrected chi connectivity index (χ1v) is 9.04. The summed E-state index contributed by atoms with van der Waals surface area (Å²) < 4.78 is 16.6. The Hall–Kier alpha value is -2.79. The molecule has 0 amide bonds. The molecule has 0 aliphatic carbocycles. The van der Waals surface area contributed by atoms with Crippen molar-refractivity contribution in [2.45, 2.75) is 40.5 Å². The molecular formula is C22H26N2O3. The van der Waals surface area contributed by atoms with Gasteiger partial charge in [-0.05, 0) is 44.0 Å². The summed E-state index contributed by atoms with van der Waals surface area (Å²) in [5.74, 6) is 2.21. The van der Waals surface area contributed by atoms with Gasteiger partial charge in [0.2, 0.25) is 0 Å². The fourth-order valence-electron chi connectivity index (χ4n) is 2.86. The van der Waals surface area contributed by atoms with Crippen LogP contribution in [-0.4, -0.2) is 12.3 Å². The summed E-state index contributed by atoms with van der Waals surface area (Å²) in [6, 6.07) is 14.6. The Morgan fingerprint density at radius 3 is 2.30 bits per heavy atom. The zero-order valence-corrected chi connectivity index (χ0v) is 16.3. The summed E-state index contributed by atoms with van der Waals surface area (Å²) in [4.78, 5) is 0. The predicted molar refractivity (Wildman–Crippen MR) is 105 cm³/mol. The third-order valence-corrected chi connectivity index (χ3v) is 4.56. The van der Waals surface area contributed by atoms with Gasteiger partial charge in [0.1, 0.15) is 12.4 Å². The molecule has 2 aromatic carbocycles. The maximum Gasteiger partial charge on any atom is 0.161 e. The number of aryl methyl sites for hydroxylation is 3. The number of ether oxygens (including phenoxy) is 2. The van der Waals surface area contributed by atoms with Crippen molar-refractivity contribution in [2.75, 3.05) is 7.11 Å². The van der Waals surface area contributed by atoms with Gasteiger partial charge >= 0.3 is 0 Å². The summed E-state index contributed by atoms with van der Waals surface area (Å²) in [7, 11) is 1.65. The van der Waals surface area contributed by atoms with Crippen LogP contribution in [0.2, 0.25) is 0 Å². The van der Waals surface area contributed by atoms with Crippen LogP contribution in [0.15, 0.2) is 47.0 Å². The summed E-state index contributed by atoms with van der Waals surface area (Å²) in [6.07, 6.45) is 0. The van der Waals surface area contributed by atoms with Crippen molar-refractivity contribution in [3.05, 3.63) is 76.2 Å². The Labute approximate surface area is 160 Å². The Bertz CT molecular complexity index is 866. The van der Waals surface area contributed by atoms with Crippen LogP contribution < -0.4 is 14.8 Å². The number of rotatable bonds is 8. The van der Waals surface area contributed by atoms with E-state index in [1.54, 1.807) is 7.11 Å². The number of methoxy groups -OCH3 is 1. The normalized spacial score (nSPS) is 10.8. The van der Waals surface area contributed by atoms with Crippen LogP contribution in [0.5, 0.6) is 11.5 Å². The van der Waals surface area contributed by atoms with Crippen molar-refractivity contribution >= 4 is 0 Å². The molecule has 0 bridgehead atoms. The van der Waals surface area contributed by atoms with Gasteiger partial charge in [-0.3, -0.25) is 0 Å². The molecule has 0 aliphatic rings. The standard InChI is InChI=1S/C22H26N2O3/c1-15-5-7-18(8-6-15)12-23-13-19-9-10-21(22(11-19)25-4)26-14-20-16(2)24-27-17(20)3/h5-11,23H,12-14H2,1-4H3. The molecule has 5 heteroatoms. The van der Waals surface area contributed by atoms with Crippen molar-refractivity contribution in [1.82, 2.24) is 10.5 Å². The van der Waals surface area contributed by atoms with Gasteiger partial charge < -0.3 is 19.3 Å². The number of hydrogen-bond donors (Lipinski definition) is 1. The van der Waals surface area contributed by atoms with Crippen LogP contribution in [0.1, 0.15) is 33.7 Å². The first kappa shape index (κ1) is 19.0. The first-order valence-electron chi connectivity index (χ1n) is 9.04. The number of aromatic nitrogens is 1. The molecular weight excluding hydrogens is 340 g/mol. The molecule has 5 nitrogen and oxygen atoms in total. The average Bonchev–Trinajstić information content (AvgIpc) is 3.00. The lowest BCUT2D eigenvalue weighted by atomic mass is 10.1. The minimum atomic E-state index is 0.405. The Morgan fingerprint density at radius 2 is 1.63 bits per heavy atom. The Morgan fingerprint density at radius 1 is 0.926 bits per heavy atom. The summed E-state index contributed by atoms with van der Waals surface area (Å²) in [5.41, 5.74) is 5.51. The monoisotopic (exact) mass is 366 g/mol. The number of nitrogens with one attached hydrogen (secondary N) is 1. The lowest BCUT2D eigenvalue weighted by molar-refractivity contribution is 0.281. The molecule has 27 heavy (non-hydrogen) atoms. The van der Waals surface area contributed by atoms with Crippen LogP contribution in [0.25, 0.3) is 0 Å². The molecule has 0 aliphatic heterocycles. The predicted octanol–water partition coefficient (Wildman–Crippen LogP) is 4.48. The maximum absolute atomic E-state index is 5.93. The Kier molecular flexibility index (Phi) is 6.14. The zero-order chi connectivity index (χ0) is 19.2. The molecule has 0 saturated carbocycles. The van der Waals surface area contributed by atoms with Crippen LogP contribution in [-0.2, 0) is 19.7 Å². The largest absolute Gasteiger partial charge is 0.493 e. The maximum atomic E-state index is 5.93. The molecule has 1 heterocycles. The average molecular weight is 366 g/mol. The van der Waals surface area contributed by atoms with Gasteiger partial charge in [0.05, 0.1) is 18.4 Å². The second kappa shape index (κ2) is 8.73. The summed E-state index contributed by atoms with van der Waals surface area (Å²) in [5, 5.41) is 7.41. The van der Waals surface area contributed by atoms with Crippen molar-refractivity contribution in [1.29, 1.82) is 0 Å². The number of hydrogen-bond acceptors (Lipinski definition) is 5. The molecule has 0 unspecified atom stereocenters. The SMILES string of the molecule is COc1cc(CNCc2ccc(C)cc2)ccc1OCc1c(C)noc1C. The molecule has 0 spiro atoms. The van der Waals surface area contributed by atoms with Gasteiger partial charge in [0, 0.05) is 13.1 Å². The van der Waals surface area contributed by atoms with Gasteiger partial charge in [-0.1, -0.05) is 41.1 Å². The molecule has 0 fully saturated rings. The Balaban J connectivity index is 1.59. The second-order valence-corrected chi connectivity index (χ2v) is 6.67. The first-order chi connectivity index (χ1) is 13.1. The molecule has 142 valence electrons. The van der Waals surface area contributed by atoms with Gasteiger partial charge in [0.25, 0.3) is 0 Å². The van der Waals surface area contributed by atoms with Gasteiger partial charge in [0.15, 0.2) is 11.5 Å². The summed E-state index contributed by atoms with van der Waals surface area (Å²) in [6.45, 7) is 7.89. The minimum absolute atomic E-state index is 0.405. The van der Waals surface area contributed by atoms with E-state index in [1.807, 2.05) is 32.0 Å². The highest BCUT2D eigenvalue weighted by Crippen LogP contribution is 2.29. The van der Waals surface area contributed by atoms with Crippen LogP contribution >= 0.6 is 0 Å². The van der Waals surface area contributed by atoms with E-state index in [2.05, 4.69) is 41.7 Å². The van der Waals surface area contributed by atoms with Crippen LogP contribution in [0.3, 0.4) is 0 Å². The van der Waals surface area contributed by atoms with E-state index in [-0.39, 0.29) is 0 Å². The van der Waals surface area contributed by atoms with E-state index in [1.165, 1.54) is 11.1 Å². The smallest absolute Gasteiger partial charge is 0.161 e. The highest BCUT2D eigenvalue weighted by Gasteiger charge is 2.12. The van der Waals surface area contributed by atoms with Crippen LogP contribution in [0.4, 0.5) is 0 Å². The van der Waals surface area contributed by atoms with E-state index in [0.29, 0.717) is 12.4 Å². The van der Waals surface area contributed by atoms with E-state index in [0.717, 1.165) is 41.4 Å². The second-order valence-electron chi connectivity index (χ2n) is 6.67. The van der Waals surface area contributed by atoms with Crippen molar-refractivity contribution in [3.63, 3.8) is 0 Å². The molecule has 0 saturated heterocycles. The van der Waals surface area contributed by atoms with E-state index in [9.17, 15) is 0 Å². The lowest BCUT2D eigenvalue weighted by Gasteiger charge is -2.13. The number of nitrogens with zero attached hydrogens (tertiary/aromatic N) is 1. The van der Waals surface area contributed by atoms with E-state index < -0.39 is 0 Å². The van der Waals surface area contributed by atoms with E-state index >= 15 is 0 Å². The summed E-state index contributed by atoms with van der Waals surface area (Å²) >= 11 is 0. The quantitative estimate of drug-likeness (QED) is 0.637. The van der Waals surface area contributed by atoms with Gasteiger partial charge in [-0.15, -0.1) is 0 Å². The van der Waals surface area contributed by atoms with E-state index in [4.69, 9.17) is 14.0 Å². The molecule has 0 radical (unpaired) electrons. The fourth-order valence-corrected chi connectivity index (χ4v) is 2.86. The fraction of sp³-hybridized carbons (Fsp3) is 0.318. The zero-order valence-electron chi connectivity index (χ0n) is 16.3. The molecule has 3 aromatic rings. The lowest BCUT2D eigenvalue weighted by Crippen LogP contribution is -2.12. The molecule has 3 rings (SSSR count). The topological polar surface area (TPSA) is 56.5 Å². The molecule has 1 aromatic heterocycles. The third kappa shape index (κ3) is 4.89. The van der Waals surface area contributed by atoms with Crippen molar-refractivity contribution < 1.29 is 14.0 Å². The van der Waals surface area contributed by atoms with Crippen LogP contribution in [0, 0.1) is 20.8 Å². The highest BCUT2D eigenvalue weighted by atomic mass is 16.5. The van der Waals surface area contributed by atoms with Gasteiger partial charge in [-0.2, -0.15) is 0 Å². The molecule has 1 N–H and O–H groups in total. The van der Waals surface area contributed by atoms with Gasteiger partial charge in [-0.25, -0.2) is 0 Å². The minimum Gasteiger partial charge on any atom is -0.493 e. The van der Waals surface area contributed by atoms with Crippen molar-refractivity contribution in [2.24, 2.45) is 0 Å². The van der Waals surface area contributed by atoms with Crippen molar-refractivity contribution in [3.8, 4) is 11.5 Å². The third-order valence-electron chi connectivity index (χ3n) is 4.56. The highest BCUT2D eigenvalue weighted by molar-refractivity contribution is 5.43. The molecule has 0 atom stereocenters. The number of benzene rings is 2.